The van der Waals surface area contributed by atoms with E-state index < -0.39 is 0 Å². The molecule has 0 spiro atoms. The zero-order chi connectivity index (χ0) is 14.8. The van der Waals surface area contributed by atoms with Crippen LogP contribution in [-0.4, -0.2) is 12.6 Å². The summed E-state index contributed by atoms with van der Waals surface area (Å²) in [6, 6.07) is 9.87. The minimum Gasteiger partial charge on any atom is -0.314 e. The molecule has 0 amide bonds. The predicted molar refractivity (Wildman–Crippen MR) is 90.3 cm³/mol. The summed E-state index contributed by atoms with van der Waals surface area (Å²) < 4.78 is 0. The van der Waals surface area contributed by atoms with Crippen LogP contribution < -0.4 is 5.32 Å². The van der Waals surface area contributed by atoms with E-state index in [-0.39, 0.29) is 0 Å². The van der Waals surface area contributed by atoms with Crippen LogP contribution in [0.2, 0.25) is 0 Å². The lowest BCUT2D eigenvalue weighted by molar-refractivity contribution is 0.449. The Balaban J connectivity index is 2.49. The van der Waals surface area contributed by atoms with Gasteiger partial charge in [0.15, 0.2) is 0 Å². The van der Waals surface area contributed by atoms with Gasteiger partial charge in [-0.25, -0.2) is 0 Å². The minimum absolute atomic E-state index is 0.689. The molecular formula is C19H33N. The van der Waals surface area contributed by atoms with Gasteiger partial charge >= 0.3 is 0 Å². The highest BCUT2D eigenvalue weighted by atomic mass is 14.9. The zero-order valence-corrected chi connectivity index (χ0v) is 13.9. The van der Waals surface area contributed by atoms with Gasteiger partial charge in [-0.1, -0.05) is 58.4 Å². The van der Waals surface area contributed by atoms with E-state index in [1.54, 1.807) is 0 Å². The SMILES string of the molecule is CCCNC(CCC)CCc1cccc(CC(C)C)c1. The van der Waals surface area contributed by atoms with Crippen molar-refractivity contribution < 1.29 is 0 Å². The normalized spacial score (nSPS) is 12.8. The van der Waals surface area contributed by atoms with Crippen LogP contribution in [0.5, 0.6) is 0 Å². The van der Waals surface area contributed by atoms with Crippen molar-refractivity contribution in [3.05, 3.63) is 35.4 Å². The van der Waals surface area contributed by atoms with Crippen molar-refractivity contribution in [2.24, 2.45) is 5.92 Å². The number of nitrogens with one attached hydrogen (secondary N) is 1. The summed E-state index contributed by atoms with van der Waals surface area (Å²) in [5.41, 5.74) is 2.99. The Morgan fingerprint density at radius 2 is 1.75 bits per heavy atom. The fraction of sp³-hybridized carbons (Fsp3) is 0.684. The van der Waals surface area contributed by atoms with E-state index in [4.69, 9.17) is 0 Å². The number of rotatable bonds is 10. The maximum atomic E-state index is 3.69. The molecule has 1 heteroatoms. The average molecular weight is 275 g/mol. The number of hydrogen-bond acceptors (Lipinski definition) is 1. The van der Waals surface area contributed by atoms with Crippen LogP contribution in [-0.2, 0) is 12.8 Å². The largest absolute Gasteiger partial charge is 0.314 e. The number of benzene rings is 1. The first-order valence-electron chi connectivity index (χ1n) is 8.46. The molecule has 0 aromatic heterocycles. The van der Waals surface area contributed by atoms with Gasteiger partial charge in [0.05, 0.1) is 0 Å². The molecule has 0 aliphatic carbocycles. The monoisotopic (exact) mass is 275 g/mol. The van der Waals surface area contributed by atoms with Crippen molar-refractivity contribution in [3.8, 4) is 0 Å². The second-order valence-corrected chi connectivity index (χ2v) is 6.40. The third-order valence-electron chi connectivity index (χ3n) is 3.74. The molecular weight excluding hydrogens is 242 g/mol. The van der Waals surface area contributed by atoms with Crippen LogP contribution >= 0.6 is 0 Å². The highest BCUT2D eigenvalue weighted by Gasteiger charge is 2.07. The minimum atomic E-state index is 0.689. The number of aryl methyl sites for hydroxylation is 1. The molecule has 1 aromatic carbocycles. The molecule has 1 nitrogen and oxygen atoms in total. The van der Waals surface area contributed by atoms with Crippen molar-refractivity contribution in [2.75, 3.05) is 6.54 Å². The van der Waals surface area contributed by atoms with Crippen molar-refractivity contribution in [1.29, 1.82) is 0 Å². The molecule has 20 heavy (non-hydrogen) atoms. The van der Waals surface area contributed by atoms with Gasteiger partial charge in [-0.15, -0.1) is 0 Å². The van der Waals surface area contributed by atoms with E-state index >= 15 is 0 Å². The van der Waals surface area contributed by atoms with Crippen LogP contribution in [0.4, 0.5) is 0 Å². The fourth-order valence-electron chi connectivity index (χ4n) is 2.77. The molecule has 0 aliphatic heterocycles. The van der Waals surface area contributed by atoms with Crippen LogP contribution in [0.1, 0.15) is 64.5 Å². The van der Waals surface area contributed by atoms with Gasteiger partial charge in [0.1, 0.15) is 0 Å². The van der Waals surface area contributed by atoms with Crippen molar-refractivity contribution >= 4 is 0 Å². The zero-order valence-electron chi connectivity index (χ0n) is 13.9. The summed E-state index contributed by atoms with van der Waals surface area (Å²) in [4.78, 5) is 0. The first kappa shape index (κ1) is 17.2. The molecule has 0 saturated heterocycles. The van der Waals surface area contributed by atoms with Crippen molar-refractivity contribution in [2.45, 2.75) is 72.3 Å². The third kappa shape index (κ3) is 7.09. The van der Waals surface area contributed by atoms with Crippen molar-refractivity contribution in [1.82, 2.24) is 5.32 Å². The molecule has 0 saturated carbocycles. The Labute approximate surface area is 126 Å². The smallest absolute Gasteiger partial charge is 0.00701 e. The lowest BCUT2D eigenvalue weighted by Crippen LogP contribution is -2.30. The summed E-state index contributed by atoms with van der Waals surface area (Å²) in [5, 5.41) is 3.69. The predicted octanol–water partition coefficient (Wildman–Crippen LogP) is 4.99. The van der Waals surface area contributed by atoms with E-state index in [1.807, 2.05) is 0 Å². The quantitative estimate of drug-likeness (QED) is 0.634. The Bertz CT molecular complexity index is 357. The molecule has 0 bridgehead atoms. The first-order valence-corrected chi connectivity index (χ1v) is 8.46. The van der Waals surface area contributed by atoms with Gasteiger partial charge < -0.3 is 5.32 Å². The topological polar surface area (TPSA) is 12.0 Å². The summed E-state index contributed by atoms with van der Waals surface area (Å²) in [7, 11) is 0. The van der Waals surface area contributed by atoms with Crippen molar-refractivity contribution in [3.63, 3.8) is 0 Å². The second kappa shape index (κ2) is 9.99. The molecule has 0 fully saturated rings. The highest BCUT2D eigenvalue weighted by Crippen LogP contribution is 2.14. The van der Waals surface area contributed by atoms with E-state index in [0.717, 1.165) is 12.5 Å². The van der Waals surface area contributed by atoms with E-state index in [2.05, 4.69) is 57.3 Å². The molecule has 1 atom stereocenters. The van der Waals surface area contributed by atoms with E-state index in [9.17, 15) is 0 Å². The number of hydrogen-bond donors (Lipinski definition) is 1. The molecule has 1 aromatic rings. The van der Waals surface area contributed by atoms with Crippen LogP contribution in [0.25, 0.3) is 0 Å². The van der Waals surface area contributed by atoms with Gasteiger partial charge in [0.2, 0.25) is 0 Å². The first-order chi connectivity index (χ1) is 9.65. The van der Waals surface area contributed by atoms with E-state index in [0.29, 0.717) is 6.04 Å². The van der Waals surface area contributed by atoms with Crippen LogP contribution in [0.15, 0.2) is 24.3 Å². The molecule has 0 radical (unpaired) electrons. The van der Waals surface area contributed by atoms with Gasteiger partial charge in [0, 0.05) is 6.04 Å². The van der Waals surface area contributed by atoms with Gasteiger partial charge in [-0.05, 0) is 55.7 Å². The summed E-state index contributed by atoms with van der Waals surface area (Å²) >= 11 is 0. The van der Waals surface area contributed by atoms with Gasteiger partial charge in [-0.3, -0.25) is 0 Å². The molecule has 114 valence electrons. The Morgan fingerprint density at radius 3 is 2.40 bits per heavy atom. The Kier molecular flexibility index (Phi) is 8.60. The van der Waals surface area contributed by atoms with Crippen LogP contribution in [0, 0.1) is 5.92 Å². The van der Waals surface area contributed by atoms with Crippen LogP contribution in [0.3, 0.4) is 0 Å². The summed E-state index contributed by atoms with van der Waals surface area (Å²) in [6.07, 6.45) is 7.46. The summed E-state index contributed by atoms with van der Waals surface area (Å²) in [5.74, 6) is 0.740. The molecule has 1 N–H and O–H groups in total. The average Bonchev–Trinajstić information content (AvgIpc) is 2.41. The Morgan fingerprint density at radius 1 is 1.00 bits per heavy atom. The Hall–Kier alpha value is -0.820. The summed E-state index contributed by atoms with van der Waals surface area (Å²) in [6.45, 7) is 10.3. The third-order valence-corrected chi connectivity index (χ3v) is 3.74. The molecule has 1 unspecified atom stereocenters. The standard InChI is InChI=1S/C19H33N/c1-5-8-19(20-13-6-2)12-11-17-9-7-10-18(15-17)14-16(3)4/h7,9-10,15-16,19-20H,5-6,8,11-14H2,1-4H3. The molecule has 0 aliphatic rings. The van der Waals surface area contributed by atoms with Gasteiger partial charge in [-0.2, -0.15) is 0 Å². The second-order valence-electron chi connectivity index (χ2n) is 6.40. The fourth-order valence-corrected chi connectivity index (χ4v) is 2.77. The van der Waals surface area contributed by atoms with Gasteiger partial charge in [0.25, 0.3) is 0 Å². The maximum Gasteiger partial charge on any atom is 0.00701 e. The highest BCUT2D eigenvalue weighted by molar-refractivity contribution is 5.24. The lowest BCUT2D eigenvalue weighted by atomic mass is 9.97. The lowest BCUT2D eigenvalue weighted by Gasteiger charge is -2.18. The maximum absolute atomic E-state index is 3.69. The molecule has 1 rings (SSSR count). The molecule has 0 heterocycles. The van der Waals surface area contributed by atoms with E-state index in [1.165, 1.54) is 49.7 Å².